The summed E-state index contributed by atoms with van der Waals surface area (Å²) < 4.78 is 7.21. The van der Waals surface area contributed by atoms with Crippen molar-refractivity contribution in [1.82, 2.24) is 20.0 Å². The molecule has 0 saturated heterocycles. The predicted octanol–water partition coefficient (Wildman–Crippen LogP) is 3.30. The lowest BCUT2D eigenvalue weighted by Gasteiger charge is -2.05. The fourth-order valence-corrected chi connectivity index (χ4v) is 3.26. The Hall–Kier alpha value is -3.15. The van der Waals surface area contributed by atoms with Crippen molar-refractivity contribution in [2.75, 3.05) is 6.54 Å². The van der Waals surface area contributed by atoms with E-state index >= 15 is 0 Å². The Morgan fingerprint density at radius 3 is 2.92 bits per heavy atom. The van der Waals surface area contributed by atoms with Gasteiger partial charge in [0.25, 0.3) is 11.6 Å². The maximum absolute atomic E-state index is 12.4. The van der Waals surface area contributed by atoms with Crippen LogP contribution in [0.3, 0.4) is 0 Å². The molecule has 0 unspecified atom stereocenters. The van der Waals surface area contributed by atoms with E-state index in [0.29, 0.717) is 17.8 Å². The summed E-state index contributed by atoms with van der Waals surface area (Å²) in [6, 6.07) is 8.21. The van der Waals surface area contributed by atoms with E-state index in [4.69, 9.17) is 4.52 Å². The molecule has 0 aliphatic heterocycles. The van der Waals surface area contributed by atoms with E-state index in [-0.39, 0.29) is 5.91 Å². The number of aromatic nitrogens is 3. The molecule has 0 aliphatic rings. The number of nitrogens with one attached hydrogen (secondary N) is 1. The van der Waals surface area contributed by atoms with Crippen molar-refractivity contribution in [2.24, 2.45) is 7.05 Å². The Bertz CT molecular complexity index is 1120. The van der Waals surface area contributed by atoms with Crippen molar-refractivity contribution in [3.63, 3.8) is 0 Å². The molecule has 6 heteroatoms. The molecule has 0 aliphatic carbocycles. The normalized spacial score (nSPS) is 11.3. The van der Waals surface area contributed by atoms with Crippen molar-refractivity contribution >= 4 is 27.9 Å². The molecule has 3 aromatic heterocycles. The zero-order chi connectivity index (χ0) is 18.3. The molecule has 1 N–H and O–H groups in total. The summed E-state index contributed by atoms with van der Waals surface area (Å²) in [5.41, 5.74) is 5.37. The number of hydrogen-bond donors (Lipinski definition) is 1. The Balaban J connectivity index is 1.47. The summed E-state index contributed by atoms with van der Waals surface area (Å²) in [6.07, 6.45) is 4.42. The second kappa shape index (κ2) is 6.29. The van der Waals surface area contributed by atoms with E-state index in [1.54, 1.807) is 6.07 Å². The first kappa shape index (κ1) is 16.3. The maximum atomic E-state index is 12.4. The summed E-state index contributed by atoms with van der Waals surface area (Å²) in [5, 5.41) is 8.83. The van der Waals surface area contributed by atoms with Crippen molar-refractivity contribution in [3.8, 4) is 0 Å². The van der Waals surface area contributed by atoms with Crippen LogP contribution in [0.15, 0.2) is 41.2 Å². The summed E-state index contributed by atoms with van der Waals surface area (Å²) in [4.78, 5) is 16.6. The molecule has 26 heavy (non-hydrogen) atoms. The van der Waals surface area contributed by atoms with Gasteiger partial charge in [0.05, 0.1) is 16.6 Å². The lowest BCUT2D eigenvalue weighted by molar-refractivity contribution is 0.0954. The van der Waals surface area contributed by atoms with Gasteiger partial charge in [0, 0.05) is 36.9 Å². The van der Waals surface area contributed by atoms with Gasteiger partial charge in [-0.2, -0.15) is 0 Å². The number of carbonyl (C=O) groups excluding carboxylic acids is 1. The number of pyridine rings is 1. The van der Waals surface area contributed by atoms with Crippen LogP contribution in [0.4, 0.5) is 0 Å². The van der Waals surface area contributed by atoms with Crippen LogP contribution in [0.2, 0.25) is 0 Å². The van der Waals surface area contributed by atoms with Crippen molar-refractivity contribution in [3.05, 3.63) is 59.0 Å². The second-order valence-electron chi connectivity index (χ2n) is 6.64. The molecule has 4 aromatic rings. The smallest absolute Gasteiger partial charge is 0.257 e. The summed E-state index contributed by atoms with van der Waals surface area (Å²) in [5.74, 6) is -0.143. The SMILES string of the molecule is Cc1ccc2c(CCNC(=O)c3cnc4onc(C)c4c3)cn(C)c2c1. The first-order valence-electron chi connectivity index (χ1n) is 8.58. The number of nitrogens with zero attached hydrogens (tertiary/aromatic N) is 3. The number of benzene rings is 1. The molecule has 1 amide bonds. The third-order valence-electron chi connectivity index (χ3n) is 4.68. The standard InChI is InChI=1S/C20H20N4O2/c1-12-4-5-16-14(11-24(3)18(16)8-12)6-7-21-19(25)15-9-17-13(2)23-26-20(17)22-10-15/h4-5,8-11H,6-7H2,1-3H3,(H,21,25). The molecule has 3 heterocycles. The Kier molecular flexibility index (Phi) is 3.95. The molecule has 4 rings (SSSR count). The molecule has 0 atom stereocenters. The molecule has 0 spiro atoms. The zero-order valence-electron chi connectivity index (χ0n) is 15.0. The zero-order valence-corrected chi connectivity index (χ0v) is 15.0. The van der Waals surface area contributed by atoms with E-state index in [1.165, 1.54) is 28.2 Å². The average Bonchev–Trinajstić information content (AvgIpc) is 3.15. The highest BCUT2D eigenvalue weighted by Crippen LogP contribution is 2.22. The first-order valence-corrected chi connectivity index (χ1v) is 8.58. The van der Waals surface area contributed by atoms with Crippen LogP contribution in [0.5, 0.6) is 0 Å². The monoisotopic (exact) mass is 348 g/mol. The Labute approximate surface area is 150 Å². The number of aryl methyl sites for hydroxylation is 3. The number of hydrogen-bond acceptors (Lipinski definition) is 4. The van der Waals surface area contributed by atoms with Gasteiger partial charge < -0.3 is 14.4 Å². The van der Waals surface area contributed by atoms with Gasteiger partial charge >= 0.3 is 0 Å². The minimum atomic E-state index is -0.143. The van der Waals surface area contributed by atoms with Gasteiger partial charge in [0.1, 0.15) is 0 Å². The summed E-state index contributed by atoms with van der Waals surface area (Å²) in [6.45, 7) is 4.48. The Morgan fingerprint density at radius 2 is 2.08 bits per heavy atom. The minimum absolute atomic E-state index is 0.143. The van der Waals surface area contributed by atoms with Gasteiger partial charge in [-0.1, -0.05) is 17.3 Å². The van der Waals surface area contributed by atoms with Gasteiger partial charge in [-0.3, -0.25) is 4.79 Å². The minimum Gasteiger partial charge on any atom is -0.352 e. The molecule has 0 bridgehead atoms. The van der Waals surface area contributed by atoms with Gasteiger partial charge in [0.2, 0.25) is 0 Å². The number of amides is 1. The third-order valence-corrected chi connectivity index (χ3v) is 4.68. The molecule has 0 radical (unpaired) electrons. The van der Waals surface area contributed by atoms with E-state index < -0.39 is 0 Å². The predicted molar refractivity (Wildman–Crippen MR) is 100 cm³/mol. The molecular formula is C20H20N4O2. The number of fused-ring (bicyclic) bond motifs is 2. The molecular weight excluding hydrogens is 328 g/mol. The largest absolute Gasteiger partial charge is 0.352 e. The second-order valence-corrected chi connectivity index (χ2v) is 6.64. The van der Waals surface area contributed by atoms with Crippen molar-refractivity contribution in [2.45, 2.75) is 20.3 Å². The lowest BCUT2D eigenvalue weighted by Crippen LogP contribution is -2.25. The molecule has 6 nitrogen and oxygen atoms in total. The van der Waals surface area contributed by atoms with E-state index in [9.17, 15) is 4.79 Å². The summed E-state index contributed by atoms with van der Waals surface area (Å²) in [7, 11) is 2.05. The van der Waals surface area contributed by atoms with Gasteiger partial charge in [-0.15, -0.1) is 0 Å². The van der Waals surface area contributed by atoms with Crippen molar-refractivity contribution in [1.29, 1.82) is 0 Å². The van der Waals surface area contributed by atoms with Gasteiger partial charge in [-0.05, 0) is 43.5 Å². The van der Waals surface area contributed by atoms with Crippen LogP contribution in [0.25, 0.3) is 22.0 Å². The fourth-order valence-electron chi connectivity index (χ4n) is 3.26. The van der Waals surface area contributed by atoms with E-state index in [0.717, 1.165) is 17.5 Å². The molecule has 1 aromatic carbocycles. The lowest BCUT2D eigenvalue weighted by atomic mass is 10.1. The van der Waals surface area contributed by atoms with E-state index in [2.05, 4.69) is 51.3 Å². The van der Waals surface area contributed by atoms with Crippen LogP contribution < -0.4 is 5.32 Å². The third kappa shape index (κ3) is 2.83. The Morgan fingerprint density at radius 1 is 1.23 bits per heavy atom. The van der Waals surface area contributed by atoms with Gasteiger partial charge in [0.15, 0.2) is 0 Å². The van der Waals surface area contributed by atoms with Crippen LogP contribution in [-0.2, 0) is 13.5 Å². The summed E-state index contributed by atoms with van der Waals surface area (Å²) >= 11 is 0. The highest BCUT2D eigenvalue weighted by Gasteiger charge is 2.12. The highest BCUT2D eigenvalue weighted by atomic mass is 16.5. The van der Waals surface area contributed by atoms with Gasteiger partial charge in [-0.25, -0.2) is 4.98 Å². The fraction of sp³-hybridized carbons (Fsp3) is 0.250. The highest BCUT2D eigenvalue weighted by molar-refractivity contribution is 5.97. The topological polar surface area (TPSA) is 73.0 Å². The van der Waals surface area contributed by atoms with Crippen LogP contribution in [-0.4, -0.2) is 27.2 Å². The molecule has 0 saturated carbocycles. The van der Waals surface area contributed by atoms with Crippen LogP contribution in [0, 0.1) is 13.8 Å². The van der Waals surface area contributed by atoms with Crippen LogP contribution in [0.1, 0.15) is 27.2 Å². The average molecular weight is 348 g/mol. The maximum Gasteiger partial charge on any atom is 0.257 e. The quantitative estimate of drug-likeness (QED) is 0.614. The molecule has 132 valence electrons. The van der Waals surface area contributed by atoms with Crippen LogP contribution >= 0.6 is 0 Å². The molecule has 0 fully saturated rings. The van der Waals surface area contributed by atoms with E-state index in [1.807, 2.05) is 14.0 Å². The number of carbonyl (C=O) groups is 1. The number of rotatable bonds is 4. The van der Waals surface area contributed by atoms with Crippen molar-refractivity contribution < 1.29 is 9.32 Å². The first-order chi connectivity index (χ1) is 12.5.